The number of fused-ring (bicyclic) bond motifs is 1. The Hall–Kier alpha value is -1.66. The number of amides is 1. The Balaban J connectivity index is 1.47. The average molecular weight is 345 g/mol. The molecule has 3 heterocycles. The van der Waals surface area contributed by atoms with Gasteiger partial charge in [-0.3, -0.25) is 4.79 Å². The van der Waals surface area contributed by atoms with E-state index in [9.17, 15) is 4.79 Å². The zero-order valence-electron chi connectivity index (χ0n) is 14.0. The van der Waals surface area contributed by atoms with Crippen LogP contribution in [-0.2, 0) is 9.53 Å². The van der Waals surface area contributed by atoms with Gasteiger partial charge in [-0.1, -0.05) is 23.5 Å². The molecular weight excluding hydrogens is 322 g/mol. The van der Waals surface area contributed by atoms with Crippen LogP contribution in [0.1, 0.15) is 19.8 Å². The van der Waals surface area contributed by atoms with Crippen LogP contribution in [0.15, 0.2) is 24.3 Å². The van der Waals surface area contributed by atoms with Gasteiger partial charge in [0, 0.05) is 26.2 Å². The van der Waals surface area contributed by atoms with Crippen molar-refractivity contribution >= 4 is 32.6 Å². The Morgan fingerprint density at radius 1 is 1.29 bits per heavy atom. The van der Waals surface area contributed by atoms with E-state index in [0.717, 1.165) is 49.7 Å². The maximum atomic E-state index is 12.9. The van der Waals surface area contributed by atoms with Crippen LogP contribution in [0.4, 0.5) is 5.13 Å². The fraction of sp³-hybridized carbons (Fsp3) is 0.556. The van der Waals surface area contributed by atoms with Crippen molar-refractivity contribution in [2.24, 2.45) is 5.92 Å². The first-order valence-electron chi connectivity index (χ1n) is 8.71. The monoisotopic (exact) mass is 345 g/mol. The van der Waals surface area contributed by atoms with Crippen molar-refractivity contribution in [3.05, 3.63) is 24.3 Å². The van der Waals surface area contributed by atoms with Crippen LogP contribution in [0.25, 0.3) is 10.2 Å². The van der Waals surface area contributed by atoms with E-state index in [1.165, 1.54) is 4.70 Å². The van der Waals surface area contributed by atoms with Gasteiger partial charge in [-0.2, -0.15) is 0 Å². The van der Waals surface area contributed by atoms with Crippen molar-refractivity contribution in [3.63, 3.8) is 0 Å². The van der Waals surface area contributed by atoms with Crippen LogP contribution >= 0.6 is 11.3 Å². The summed E-state index contributed by atoms with van der Waals surface area (Å²) < 4.78 is 6.77. The third-order valence-corrected chi connectivity index (χ3v) is 5.97. The summed E-state index contributed by atoms with van der Waals surface area (Å²) in [6.45, 7) is 5.90. The molecule has 128 valence electrons. The lowest BCUT2D eigenvalue weighted by molar-refractivity contribution is -0.142. The van der Waals surface area contributed by atoms with Crippen LogP contribution in [-0.4, -0.2) is 54.7 Å². The van der Waals surface area contributed by atoms with Crippen molar-refractivity contribution in [2.45, 2.75) is 25.9 Å². The highest BCUT2D eigenvalue weighted by Gasteiger charge is 2.32. The van der Waals surface area contributed by atoms with E-state index in [0.29, 0.717) is 6.61 Å². The lowest BCUT2D eigenvalue weighted by atomic mass is 9.96. The fourth-order valence-corrected chi connectivity index (χ4v) is 4.63. The summed E-state index contributed by atoms with van der Waals surface area (Å²) in [5, 5.41) is 1.05. The van der Waals surface area contributed by atoms with Gasteiger partial charge in [0.15, 0.2) is 5.13 Å². The SMILES string of the molecule is C[C@H]1CN(C(=O)[C@H]2CCCN(c3nc4ccccc4s3)C2)CCO1. The lowest BCUT2D eigenvalue weighted by Gasteiger charge is -2.37. The molecule has 0 aliphatic carbocycles. The number of rotatable bonds is 2. The number of para-hydroxylation sites is 1. The van der Waals surface area contributed by atoms with E-state index in [1.54, 1.807) is 11.3 Å². The maximum Gasteiger partial charge on any atom is 0.227 e. The molecule has 0 spiro atoms. The number of morpholine rings is 1. The van der Waals surface area contributed by atoms with E-state index >= 15 is 0 Å². The van der Waals surface area contributed by atoms with Gasteiger partial charge in [-0.25, -0.2) is 4.98 Å². The lowest BCUT2D eigenvalue weighted by Crippen LogP contribution is -2.50. The van der Waals surface area contributed by atoms with Crippen molar-refractivity contribution in [2.75, 3.05) is 37.7 Å². The molecule has 0 saturated carbocycles. The van der Waals surface area contributed by atoms with Gasteiger partial charge in [-0.05, 0) is 31.9 Å². The third kappa shape index (κ3) is 3.13. The number of piperidine rings is 1. The quantitative estimate of drug-likeness (QED) is 0.840. The summed E-state index contributed by atoms with van der Waals surface area (Å²) >= 11 is 1.72. The molecule has 0 bridgehead atoms. The Morgan fingerprint density at radius 2 is 2.17 bits per heavy atom. The predicted molar refractivity (Wildman–Crippen MR) is 96.6 cm³/mol. The summed E-state index contributed by atoms with van der Waals surface area (Å²) in [6, 6.07) is 8.23. The number of anilines is 1. The van der Waals surface area contributed by atoms with E-state index in [2.05, 4.69) is 17.0 Å². The first kappa shape index (κ1) is 15.8. The van der Waals surface area contributed by atoms with Gasteiger partial charge >= 0.3 is 0 Å². The molecule has 1 aromatic carbocycles. The number of carbonyl (C=O) groups is 1. The van der Waals surface area contributed by atoms with Crippen LogP contribution in [0.3, 0.4) is 0 Å². The van der Waals surface area contributed by atoms with E-state index in [4.69, 9.17) is 9.72 Å². The summed E-state index contributed by atoms with van der Waals surface area (Å²) in [5.41, 5.74) is 1.05. The Labute approximate surface area is 146 Å². The minimum absolute atomic E-state index is 0.0797. The molecule has 4 rings (SSSR count). The molecule has 2 aromatic rings. The van der Waals surface area contributed by atoms with E-state index in [1.807, 2.05) is 24.0 Å². The van der Waals surface area contributed by atoms with Crippen LogP contribution in [0, 0.1) is 5.92 Å². The van der Waals surface area contributed by atoms with Crippen molar-refractivity contribution < 1.29 is 9.53 Å². The number of benzene rings is 1. The second-order valence-electron chi connectivity index (χ2n) is 6.71. The normalized spacial score (nSPS) is 25.2. The average Bonchev–Trinajstić information content (AvgIpc) is 3.05. The molecule has 2 aliphatic rings. The molecule has 24 heavy (non-hydrogen) atoms. The molecule has 1 amide bonds. The van der Waals surface area contributed by atoms with E-state index < -0.39 is 0 Å². The number of hydrogen-bond donors (Lipinski definition) is 0. The Morgan fingerprint density at radius 3 is 3.00 bits per heavy atom. The van der Waals surface area contributed by atoms with Gasteiger partial charge < -0.3 is 14.5 Å². The van der Waals surface area contributed by atoms with Gasteiger partial charge in [0.25, 0.3) is 0 Å². The standard InChI is InChI=1S/C18H23N3O2S/c1-13-11-20(9-10-23-13)17(22)14-5-4-8-21(12-14)18-19-15-6-2-3-7-16(15)24-18/h2-3,6-7,13-14H,4-5,8-12H2,1H3/t13-,14-/m0/s1. The van der Waals surface area contributed by atoms with Crippen molar-refractivity contribution in [3.8, 4) is 0 Å². The smallest absolute Gasteiger partial charge is 0.227 e. The number of hydrogen-bond acceptors (Lipinski definition) is 5. The number of thiazole rings is 1. The van der Waals surface area contributed by atoms with Gasteiger partial charge in [-0.15, -0.1) is 0 Å². The van der Waals surface area contributed by atoms with Gasteiger partial charge in [0.05, 0.1) is 28.8 Å². The topological polar surface area (TPSA) is 45.7 Å². The highest BCUT2D eigenvalue weighted by Crippen LogP contribution is 2.32. The Kier molecular flexibility index (Phi) is 4.41. The number of ether oxygens (including phenoxy) is 1. The van der Waals surface area contributed by atoms with Gasteiger partial charge in [0.2, 0.25) is 5.91 Å². The summed E-state index contributed by atoms with van der Waals surface area (Å²) in [4.78, 5) is 21.9. The molecule has 2 saturated heterocycles. The third-order valence-electron chi connectivity index (χ3n) is 4.88. The fourth-order valence-electron chi connectivity index (χ4n) is 3.62. The molecule has 0 N–H and O–H groups in total. The second kappa shape index (κ2) is 6.69. The summed E-state index contributed by atoms with van der Waals surface area (Å²) in [6.07, 6.45) is 2.17. The maximum absolute atomic E-state index is 12.9. The second-order valence-corrected chi connectivity index (χ2v) is 7.72. The Bertz CT molecular complexity index is 699. The molecule has 0 radical (unpaired) electrons. The molecule has 2 aliphatic heterocycles. The van der Waals surface area contributed by atoms with Crippen molar-refractivity contribution in [1.29, 1.82) is 0 Å². The van der Waals surface area contributed by atoms with E-state index in [-0.39, 0.29) is 17.9 Å². The van der Waals surface area contributed by atoms with Crippen LogP contribution in [0.2, 0.25) is 0 Å². The first-order chi connectivity index (χ1) is 11.7. The molecule has 6 heteroatoms. The number of nitrogens with zero attached hydrogens (tertiary/aromatic N) is 3. The molecule has 2 atom stereocenters. The van der Waals surface area contributed by atoms with Crippen LogP contribution < -0.4 is 4.90 Å². The zero-order chi connectivity index (χ0) is 16.5. The molecule has 0 unspecified atom stereocenters. The van der Waals surface area contributed by atoms with Gasteiger partial charge in [0.1, 0.15) is 0 Å². The minimum atomic E-state index is 0.0797. The molecule has 5 nitrogen and oxygen atoms in total. The number of aromatic nitrogens is 1. The van der Waals surface area contributed by atoms with Crippen molar-refractivity contribution in [1.82, 2.24) is 9.88 Å². The largest absolute Gasteiger partial charge is 0.375 e. The molecule has 1 aromatic heterocycles. The predicted octanol–water partition coefficient (Wildman–Crippen LogP) is 2.76. The highest BCUT2D eigenvalue weighted by atomic mass is 32.1. The minimum Gasteiger partial charge on any atom is -0.375 e. The number of carbonyl (C=O) groups excluding carboxylic acids is 1. The summed E-state index contributed by atoms with van der Waals surface area (Å²) in [7, 11) is 0. The zero-order valence-corrected chi connectivity index (χ0v) is 14.8. The first-order valence-corrected chi connectivity index (χ1v) is 9.53. The van der Waals surface area contributed by atoms with Crippen LogP contribution in [0.5, 0.6) is 0 Å². The summed E-state index contributed by atoms with van der Waals surface area (Å²) in [5.74, 6) is 0.368. The molecule has 2 fully saturated rings. The molecular formula is C18H23N3O2S. The highest BCUT2D eigenvalue weighted by molar-refractivity contribution is 7.22.